The van der Waals surface area contributed by atoms with Crippen molar-refractivity contribution in [3.8, 4) is 11.5 Å². The summed E-state index contributed by atoms with van der Waals surface area (Å²) >= 11 is 0. The Balaban J connectivity index is 3.22. The Kier molecular flexibility index (Phi) is 5.76. The zero-order valence-electron chi connectivity index (χ0n) is 12.0. The molecule has 0 heterocycles. The fraction of sp³-hybridized carbons (Fsp3) is 0.500. The molecule has 0 bridgehead atoms. The van der Waals surface area contributed by atoms with E-state index in [9.17, 15) is 0 Å². The number of allylic oxidation sites excluding steroid dienone is 1. The first-order valence-electron chi connectivity index (χ1n) is 6.53. The van der Waals surface area contributed by atoms with E-state index < -0.39 is 0 Å². The maximum atomic E-state index is 5.39. The van der Waals surface area contributed by atoms with Crippen molar-refractivity contribution in [1.82, 2.24) is 0 Å². The first kappa shape index (κ1) is 14.6. The fourth-order valence-corrected chi connectivity index (χ4v) is 2.26. The Morgan fingerprint density at radius 2 is 1.83 bits per heavy atom. The smallest absolute Gasteiger partial charge is 0.161 e. The molecular formula is C16H24O2. The highest BCUT2D eigenvalue weighted by atomic mass is 16.5. The SMILES string of the molecule is C=CC[C@@H](C)c1cc(OC)c(OC)cc1CCC. The monoisotopic (exact) mass is 248 g/mol. The first-order chi connectivity index (χ1) is 8.67. The summed E-state index contributed by atoms with van der Waals surface area (Å²) in [4.78, 5) is 0. The molecule has 0 fully saturated rings. The molecule has 0 unspecified atom stereocenters. The Labute approximate surface area is 111 Å². The van der Waals surface area contributed by atoms with Crippen LogP contribution in [0.25, 0.3) is 0 Å². The molecule has 0 saturated carbocycles. The molecule has 1 aromatic rings. The van der Waals surface area contributed by atoms with Crippen LogP contribution < -0.4 is 9.47 Å². The van der Waals surface area contributed by atoms with Crippen molar-refractivity contribution in [2.75, 3.05) is 14.2 Å². The van der Waals surface area contributed by atoms with Crippen LogP contribution in [0.2, 0.25) is 0 Å². The number of methoxy groups -OCH3 is 2. The van der Waals surface area contributed by atoms with Gasteiger partial charge in [-0.15, -0.1) is 6.58 Å². The van der Waals surface area contributed by atoms with E-state index in [2.05, 4.69) is 32.6 Å². The van der Waals surface area contributed by atoms with Crippen molar-refractivity contribution in [2.45, 2.75) is 39.0 Å². The lowest BCUT2D eigenvalue weighted by molar-refractivity contribution is 0.353. The van der Waals surface area contributed by atoms with Gasteiger partial charge in [-0.3, -0.25) is 0 Å². The van der Waals surface area contributed by atoms with Crippen molar-refractivity contribution in [2.24, 2.45) is 0 Å². The van der Waals surface area contributed by atoms with Crippen molar-refractivity contribution in [3.05, 3.63) is 35.9 Å². The molecule has 0 aliphatic rings. The molecule has 100 valence electrons. The summed E-state index contributed by atoms with van der Waals surface area (Å²) in [5, 5.41) is 0. The van der Waals surface area contributed by atoms with Gasteiger partial charge in [-0.05, 0) is 42.0 Å². The quantitative estimate of drug-likeness (QED) is 0.668. The third-order valence-corrected chi connectivity index (χ3v) is 3.22. The van der Waals surface area contributed by atoms with Crippen molar-refractivity contribution in [3.63, 3.8) is 0 Å². The Hall–Kier alpha value is -1.44. The lowest BCUT2D eigenvalue weighted by Gasteiger charge is -2.18. The molecule has 0 aliphatic carbocycles. The van der Waals surface area contributed by atoms with Gasteiger partial charge < -0.3 is 9.47 Å². The van der Waals surface area contributed by atoms with Crippen LogP contribution in [0.5, 0.6) is 11.5 Å². The molecule has 0 amide bonds. The van der Waals surface area contributed by atoms with E-state index in [4.69, 9.17) is 9.47 Å². The predicted octanol–water partition coefficient (Wildman–Crippen LogP) is 4.34. The summed E-state index contributed by atoms with van der Waals surface area (Å²) in [6, 6.07) is 4.22. The van der Waals surface area contributed by atoms with Crippen LogP contribution in [0.3, 0.4) is 0 Å². The van der Waals surface area contributed by atoms with Gasteiger partial charge in [0.15, 0.2) is 11.5 Å². The minimum Gasteiger partial charge on any atom is -0.493 e. The molecule has 0 spiro atoms. The maximum Gasteiger partial charge on any atom is 0.161 e. The topological polar surface area (TPSA) is 18.5 Å². The standard InChI is InChI=1S/C16H24O2/c1-6-8-12(3)14-11-16(18-5)15(17-4)10-13(14)9-7-2/h6,10-12H,1,7-9H2,2-5H3/t12-/m1/s1. The number of hydrogen-bond donors (Lipinski definition) is 0. The zero-order chi connectivity index (χ0) is 13.5. The summed E-state index contributed by atoms with van der Waals surface area (Å²) in [5.41, 5.74) is 2.69. The third-order valence-electron chi connectivity index (χ3n) is 3.22. The summed E-state index contributed by atoms with van der Waals surface area (Å²) < 4.78 is 10.8. The molecule has 1 rings (SSSR count). The Morgan fingerprint density at radius 3 is 2.33 bits per heavy atom. The second-order valence-corrected chi connectivity index (χ2v) is 4.58. The van der Waals surface area contributed by atoms with Gasteiger partial charge in [-0.25, -0.2) is 0 Å². The Morgan fingerprint density at radius 1 is 1.22 bits per heavy atom. The minimum absolute atomic E-state index is 0.462. The molecule has 2 heteroatoms. The first-order valence-corrected chi connectivity index (χ1v) is 6.53. The van der Waals surface area contributed by atoms with E-state index in [0.717, 1.165) is 30.8 Å². The third kappa shape index (κ3) is 3.28. The molecule has 0 N–H and O–H groups in total. The molecule has 1 aromatic carbocycles. The van der Waals surface area contributed by atoms with E-state index >= 15 is 0 Å². The highest BCUT2D eigenvalue weighted by Crippen LogP contribution is 2.35. The van der Waals surface area contributed by atoms with E-state index in [1.54, 1.807) is 14.2 Å². The maximum absolute atomic E-state index is 5.39. The average molecular weight is 248 g/mol. The molecule has 1 atom stereocenters. The number of aryl methyl sites for hydroxylation is 1. The van der Waals surface area contributed by atoms with Crippen LogP contribution in [-0.4, -0.2) is 14.2 Å². The van der Waals surface area contributed by atoms with Crippen molar-refractivity contribution < 1.29 is 9.47 Å². The zero-order valence-corrected chi connectivity index (χ0v) is 12.0. The number of ether oxygens (including phenoxy) is 2. The number of rotatable bonds is 7. The number of hydrogen-bond acceptors (Lipinski definition) is 2. The van der Waals surface area contributed by atoms with Crippen LogP contribution in [-0.2, 0) is 6.42 Å². The van der Waals surface area contributed by atoms with Gasteiger partial charge in [-0.1, -0.05) is 26.3 Å². The molecule has 0 aromatic heterocycles. The molecular weight excluding hydrogens is 224 g/mol. The van der Waals surface area contributed by atoms with Gasteiger partial charge in [0.1, 0.15) is 0 Å². The molecule has 0 radical (unpaired) electrons. The lowest BCUT2D eigenvalue weighted by atomic mass is 9.90. The van der Waals surface area contributed by atoms with Gasteiger partial charge in [-0.2, -0.15) is 0 Å². The summed E-state index contributed by atoms with van der Waals surface area (Å²) in [7, 11) is 3.36. The summed E-state index contributed by atoms with van der Waals surface area (Å²) in [6.45, 7) is 8.24. The largest absolute Gasteiger partial charge is 0.493 e. The van der Waals surface area contributed by atoms with Crippen LogP contribution in [0.1, 0.15) is 43.7 Å². The molecule has 0 aliphatic heterocycles. The summed E-state index contributed by atoms with van der Waals surface area (Å²) in [6.07, 6.45) is 5.14. The lowest BCUT2D eigenvalue weighted by Crippen LogP contribution is -2.02. The molecule has 18 heavy (non-hydrogen) atoms. The van der Waals surface area contributed by atoms with E-state index in [1.165, 1.54) is 11.1 Å². The Bertz CT molecular complexity index is 396. The normalized spacial score (nSPS) is 12.0. The minimum atomic E-state index is 0.462. The van der Waals surface area contributed by atoms with Crippen molar-refractivity contribution >= 4 is 0 Å². The van der Waals surface area contributed by atoms with Gasteiger partial charge in [0, 0.05) is 0 Å². The van der Waals surface area contributed by atoms with Crippen molar-refractivity contribution in [1.29, 1.82) is 0 Å². The number of benzene rings is 1. The van der Waals surface area contributed by atoms with Crippen LogP contribution >= 0.6 is 0 Å². The van der Waals surface area contributed by atoms with Crippen LogP contribution in [0.4, 0.5) is 0 Å². The van der Waals surface area contributed by atoms with E-state index in [-0.39, 0.29) is 0 Å². The highest BCUT2D eigenvalue weighted by Gasteiger charge is 2.14. The molecule has 2 nitrogen and oxygen atoms in total. The molecule has 0 saturated heterocycles. The van der Waals surface area contributed by atoms with Crippen LogP contribution in [0, 0.1) is 0 Å². The van der Waals surface area contributed by atoms with Gasteiger partial charge in [0.25, 0.3) is 0 Å². The fourth-order valence-electron chi connectivity index (χ4n) is 2.26. The van der Waals surface area contributed by atoms with Gasteiger partial charge >= 0.3 is 0 Å². The second kappa shape index (κ2) is 7.10. The van der Waals surface area contributed by atoms with Gasteiger partial charge in [0.05, 0.1) is 14.2 Å². The average Bonchev–Trinajstić information content (AvgIpc) is 2.38. The van der Waals surface area contributed by atoms with Crippen LogP contribution in [0.15, 0.2) is 24.8 Å². The highest BCUT2D eigenvalue weighted by molar-refractivity contribution is 5.48. The van der Waals surface area contributed by atoms with Gasteiger partial charge in [0.2, 0.25) is 0 Å². The van der Waals surface area contributed by atoms with E-state index in [1.807, 2.05) is 6.08 Å². The second-order valence-electron chi connectivity index (χ2n) is 4.58. The van der Waals surface area contributed by atoms with E-state index in [0.29, 0.717) is 5.92 Å². The summed E-state index contributed by atoms with van der Waals surface area (Å²) in [5.74, 6) is 2.09. The predicted molar refractivity (Wildman–Crippen MR) is 76.8 cm³/mol.